The van der Waals surface area contributed by atoms with Crippen molar-refractivity contribution in [3.05, 3.63) is 29.3 Å². The van der Waals surface area contributed by atoms with Gasteiger partial charge in [0.1, 0.15) is 30.0 Å². The summed E-state index contributed by atoms with van der Waals surface area (Å²) in [6.07, 6.45) is -0.580. The first-order chi connectivity index (χ1) is 17.6. The van der Waals surface area contributed by atoms with Gasteiger partial charge in [-0.1, -0.05) is 13.0 Å². The van der Waals surface area contributed by atoms with Crippen molar-refractivity contribution in [1.29, 1.82) is 0 Å². The first-order valence-corrected chi connectivity index (χ1v) is 12.4. The number of methoxy groups -OCH3 is 1. The zero-order valence-corrected chi connectivity index (χ0v) is 22.7. The number of benzene rings is 1. The summed E-state index contributed by atoms with van der Waals surface area (Å²) >= 11 is 0. The summed E-state index contributed by atoms with van der Waals surface area (Å²) in [5, 5.41) is 15.1. The van der Waals surface area contributed by atoms with Crippen molar-refractivity contribution in [2.45, 2.75) is 77.6 Å². The third kappa shape index (κ3) is 8.63. The van der Waals surface area contributed by atoms with E-state index in [9.17, 15) is 29.1 Å². The molecule has 0 saturated heterocycles. The number of alkyl carbamates (subject to hydrolysis) is 1. The quantitative estimate of drug-likeness (QED) is 0.308. The minimum atomic E-state index is -1.22. The molecule has 0 aliphatic heterocycles. The number of aryl methyl sites for hydroxylation is 1. The van der Waals surface area contributed by atoms with Crippen molar-refractivity contribution in [3.63, 3.8) is 0 Å². The molecule has 210 valence electrons. The molecule has 1 aliphatic carbocycles. The summed E-state index contributed by atoms with van der Waals surface area (Å²) in [6.45, 7) is 8.13. The molecule has 0 radical (unpaired) electrons. The van der Waals surface area contributed by atoms with Crippen molar-refractivity contribution >= 4 is 29.8 Å². The van der Waals surface area contributed by atoms with Crippen molar-refractivity contribution in [2.75, 3.05) is 13.7 Å². The second-order valence-corrected chi connectivity index (χ2v) is 10.5. The number of ether oxygens (including phenoxy) is 2. The predicted molar refractivity (Wildman–Crippen MR) is 137 cm³/mol. The number of amides is 4. The number of aromatic hydroxyl groups is 1. The van der Waals surface area contributed by atoms with Crippen LogP contribution in [0.1, 0.15) is 64.1 Å². The summed E-state index contributed by atoms with van der Waals surface area (Å²) < 4.78 is 9.91. The molecule has 4 amide bonds. The molecule has 12 heteroatoms. The zero-order chi connectivity index (χ0) is 28.8. The molecular weight excluding hydrogens is 496 g/mol. The highest BCUT2D eigenvalue weighted by Gasteiger charge is 2.48. The molecule has 1 fully saturated rings. The van der Waals surface area contributed by atoms with Gasteiger partial charge in [-0.25, -0.2) is 4.79 Å². The fourth-order valence-corrected chi connectivity index (χ4v) is 3.96. The Kier molecular flexibility index (Phi) is 10.1. The zero-order valence-electron chi connectivity index (χ0n) is 22.7. The van der Waals surface area contributed by atoms with E-state index in [4.69, 9.17) is 10.5 Å². The van der Waals surface area contributed by atoms with Crippen molar-refractivity contribution in [3.8, 4) is 5.75 Å². The lowest BCUT2D eigenvalue weighted by molar-refractivity contribution is -0.145. The van der Waals surface area contributed by atoms with E-state index < -0.39 is 54.0 Å². The highest BCUT2D eigenvalue weighted by atomic mass is 16.6. The minimum Gasteiger partial charge on any atom is -0.508 e. The van der Waals surface area contributed by atoms with E-state index >= 15 is 0 Å². The summed E-state index contributed by atoms with van der Waals surface area (Å²) in [5.74, 6) is -2.56. The molecule has 5 N–H and O–H groups in total. The largest absolute Gasteiger partial charge is 0.508 e. The number of phenols is 1. The Labute approximate surface area is 222 Å². The second kappa shape index (κ2) is 12.6. The molecule has 4 unspecified atom stereocenters. The summed E-state index contributed by atoms with van der Waals surface area (Å²) in [5.41, 5.74) is 5.34. The van der Waals surface area contributed by atoms with Gasteiger partial charge in [-0.3, -0.25) is 19.2 Å². The lowest BCUT2D eigenvalue weighted by atomic mass is 9.99. The number of nitrogens with zero attached hydrogens (tertiary/aromatic N) is 1. The number of phenolic OH excluding ortho intramolecular Hbond substituents is 1. The molecule has 0 aromatic heterocycles. The van der Waals surface area contributed by atoms with Gasteiger partial charge in [-0.05, 0) is 69.7 Å². The van der Waals surface area contributed by atoms with Gasteiger partial charge < -0.3 is 35.8 Å². The lowest BCUT2D eigenvalue weighted by Gasteiger charge is -2.35. The molecule has 38 heavy (non-hydrogen) atoms. The molecule has 1 aromatic carbocycles. The molecule has 0 spiro atoms. The van der Waals surface area contributed by atoms with E-state index in [2.05, 4.69) is 15.4 Å². The SMILES string of the molecule is COC(=O)CNC(=O)C(c1ccc(O)c(C)c1)N(C(=O)C(CCC(N)=O)NC(=O)OC(C)(C)C)C1CC1C. The molecule has 0 heterocycles. The van der Waals surface area contributed by atoms with Crippen molar-refractivity contribution < 1.29 is 38.6 Å². The fraction of sp³-hybridized carbons (Fsp3) is 0.577. The Balaban J connectivity index is 2.52. The van der Waals surface area contributed by atoms with Gasteiger partial charge in [-0.15, -0.1) is 0 Å². The molecule has 0 bridgehead atoms. The molecule has 1 aromatic rings. The monoisotopic (exact) mass is 534 g/mol. The minimum absolute atomic E-state index is 0.00561. The van der Waals surface area contributed by atoms with Gasteiger partial charge >= 0.3 is 12.1 Å². The number of carbonyl (C=O) groups is 5. The van der Waals surface area contributed by atoms with Crippen LogP contribution in [0, 0.1) is 12.8 Å². The van der Waals surface area contributed by atoms with Gasteiger partial charge in [0, 0.05) is 12.5 Å². The Morgan fingerprint density at radius 2 is 1.84 bits per heavy atom. The maximum atomic E-state index is 14.0. The van der Waals surface area contributed by atoms with Crippen LogP contribution in [0.15, 0.2) is 18.2 Å². The smallest absolute Gasteiger partial charge is 0.408 e. The first kappa shape index (κ1) is 30.4. The van der Waals surface area contributed by atoms with Crippen LogP contribution in [0.3, 0.4) is 0 Å². The molecule has 4 atom stereocenters. The van der Waals surface area contributed by atoms with Crippen molar-refractivity contribution in [2.24, 2.45) is 11.7 Å². The fourth-order valence-electron chi connectivity index (χ4n) is 3.96. The predicted octanol–water partition coefficient (Wildman–Crippen LogP) is 1.43. The Morgan fingerprint density at radius 3 is 2.34 bits per heavy atom. The summed E-state index contributed by atoms with van der Waals surface area (Å²) in [7, 11) is 1.18. The number of nitrogens with one attached hydrogen (secondary N) is 2. The number of rotatable bonds is 11. The first-order valence-electron chi connectivity index (χ1n) is 12.4. The second-order valence-electron chi connectivity index (χ2n) is 10.5. The maximum absolute atomic E-state index is 14.0. The highest BCUT2D eigenvalue weighted by molar-refractivity contribution is 5.94. The highest BCUT2D eigenvalue weighted by Crippen LogP contribution is 2.41. The third-order valence-electron chi connectivity index (χ3n) is 6.04. The lowest BCUT2D eigenvalue weighted by Crippen LogP contribution is -2.54. The average molecular weight is 535 g/mol. The number of carbonyl (C=O) groups excluding carboxylic acids is 5. The van der Waals surface area contributed by atoms with Crippen molar-refractivity contribution in [1.82, 2.24) is 15.5 Å². The van der Waals surface area contributed by atoms with Crippen LogP contribution in [-0.4, -0.2) is 71.1 Å². The van der Waals surface area contributed by atoms with Gasteiger partial charge in [0.2, 0.25) is 17.7 Å². The van der Waals surface area contributed by atoms with Crippen LogP contribution in [0.2, 0.25) is 0 Å². The number of hydrogen-bond donors (Lipinski definition) is 4. The van der Waals surface area contributed by atoms with E-state index in [0.717, 1.165) is 0 Å². The van der Waals surface area contributed by atoms with Gasteiger partial charge in [0.05, 0.1) is 7.11 Å². The topological polar surface area (TPSA) is 177 Å². The number of primary amides is 1. The van der Waals surface area contributed by atoms with Gasteiger partial charge in [0.25, 0.3) is 0 Å². The molecular formula is C26H38N4O8. The van der Waals surface area contributed by atoms with E-state index in [-0.39, 0.29) is 30.6 Å². The average Bonchev–Trinajstić information content (AvgIpc) is 3.54. The number of hydrogen-bond acceptors (Lipinski definition) is 8. The van der Waals surface area contributed by atoms with Crippen LogP contribution in [-0.2, 0) is 28.7 Å². The molecule has 2 rings (SSSR count). The van der Waals surface area contributed by atoms with Crippen LogP contribution in [0.4, 0.5) is 4.79 Å². The molecule has 1 aliphatic rings. The van der Waals surface area contributed by atoms with E-state index in [1.165, 1.54) is 24.1 Å². The Hall–Kier alpha value is -3.83. The van der Waals surface area contributed by atoms with E-state index in [1.54, 1.807) is 33.8 Å². The van der Waals surface area contributed by atoms with Crippen LogP contribution >= 0.6 is 0 Å². The standard InChI is InChI=1S/C26H38N4O8/c1-14-12-18(14)30(24(35)17(8-10-20(27)32)29-25(36)38-26(3,4)5)22(23(34)28-13-21(33)37-6)16-7-9-19(31)15(2)11-16/h7,9,11,14,17-18,22,31H,8,10,12-13H2,1-6H3,(H2,27,32)(H,28,34)(H,29,36). The van der Waals surface area contributed by atoms with Gasteiger partial charge in [0.15, 0.2) is 0 Å². The Bertz CT molecular complexity index is 1070. The summed E-state index contributed by atoms with van der Waals surface area (Å²) in [6, 6.07) is 1.70. The third-order valence-corrected chi connectivity index (χ3v) is 6.04. The van der Waals surface area contributed by atoms with Crippen LogP contribution in [0.5, 0.6) is 5.75 Å². The molecule has 1 saturated carbocycles. The van der Waals surface area contributed by atoms with Crippen LogP contribution in [0.25, 0.3) is 0 Å². The van der Waals surface area contributed by atoms with E-state index in [0.29, 0.717) is 17.5 Å². The van der Waals surface area contributed by atoms with Crippen LogP contribution < -0.4 is 16.4 Å². The molecule has 12 nitrogen and oxygen atoms in total. The number of nitrogens with two attached hydrogens (primary N) is 1. The normalized spacial score (nSPS) is 17.9. The number of esters is 1. The maximum Gasteiger partial charge on any atom is 0.408 e. The Morgan fingerprint density at radius 1 is 1.21 bits per heavy atom. The van der Waals surface area contributed by atoms with Gasteiger partial charge in [-0.2, -0.15) is 0 Å². The summed E-state index contributed by atoms with van der Waals surface area (Å²) in [4.78, 5) is 64.7. The van der Waals surface area contributed by atoms with E-state index in [1.807, 2.05) is 6.92 Å².